The van der Waals surface area contributed by atoms with E-state index in [1.54, 1.807) is 0 Å². The Morgan fingerprint density at radius 1 is 0.468 bits per heavy atom. The third kappa shape index (κ3) is 12.6. The van der Waals surface area contributed by atoms with Gasteiger partial charge in [-0.1, -0.05) is 15.9 Å². The minimum atomic E-state index is -1.61. The molecule has 0 aromatic rings. The van der Waals surface area contributed by atoms with E-state index in [1.165, 1.54) is 0 Å². The van der Waals surface area contributed by atoms with Crippen molar-refractivity contribution >= 4 is 57.7 Å². The van der Waals surface area contributed by atoms with Crippen molar-refractivity contribution in [1.29, 1.82) is 0 Å². The number of carbonyl (C=O) groups is 7. The molecule has 2 rings (SSSR count). The standard InChI is InChI=1S/C28H39BrO18/c1-12(30)38-10-19-21(40-13(2)31)24(43-16(5)34)26(45-18(7)36)28(47-19)39-11-20-22(41-14(3)32)23(42-15(4)33)25(44-17(6)35)27(46-20)37-9-8-29/h19-28H,8-11H2,1-7H3/t19-,20-,21+,22-,23+,24+,25-,26-,27?,28+/m1/s1. The lowest BCUT2D eigenvalue weighted by atomic mass is 9.97. The van der Waals surface area contributed by atoms with Gasteiger partial charge in [0.05, 0.1) is 13.2 Å². The van der Waals surface area contributed by atoms with Crippen LogP contribution in [0.25, 0.3) is 0 Å². The molecule has 18 nitrogen and oxygen atoms in total. The summed E-state index contributed by atoms with van der Waals surface area (Å²) in [6.45, 7) is 6.55. The Morgan fingerprint density at radius 3 is 1.17 bits per heavy atom. The van der Waals surface area contributed by atoms with E-state index in [-0.39, 0.29) is 6.61 Å². The van der Waals surface area contributed by atoms with Crippen LogP contribution in [0.5, 0.6) is 0 Å². The lowest BCUT2D eigenvalue weighted by Gasteiger charge is -2.46. The Hall–Kier alpha value is -3.39. The van der Waals surface area contributed by atoms with Crippen LogP contribution in [0.1, 0.15) is 48.5 Å². The molecule has 266 valence electrons. The van der Waals surface area contributed by atoms with Crippen molar-refractivity contribution in [1.82, 2.24) is 0 Å². The average molecular weight is 744 g/mol. The second kappa shape index (κ2) is 18.8. The molecule has 2 heterocycles. The van der Waals surface area contributed by atoms with Crippen LogP contribution in [-0.2, 0) is 85.7 Å². The number of carbonyl (C=O) groups excluding carboxylic acids is 7. The minimum Gasteiger partial charge on any atom is -0.463 e. The number of halogens is 1. The molecule has 0 bridgehead atoms. The Labute approximate surface area is 278 Å². The highest BCUT2D eigenvalue weighted by Gasteiger charge is 2.55. The summed E-state index contributed by atoms with van der Waals surface area (Å²) in [5, 5.41) is 0.331. The van der Waals surface area contributed by atoms with Crippen LogP contribution in [0.2, 0.25) is 0 Å². The lowest BCUT2D eigenvalue weighted by Crippen LogP contribution is -2.65. The summed E-state index contributed by atoms with van der Waals surface area (Å²) in [6.07, 6.45) is -14.4. The number of rotatable bonds is 14. The molecule has 2 saturated heterocycles. The number of hydrogen-bond donors (Lipinski definition) is 0. The van der Waals surface area contributed by atoms with Crippen molar-refractivity contribution in [3.8, 4) is 0 Å². The number of ether oxygens (including phenoxy) is 11. The maximum absolute atomic E-state index is 12.2. The Kier molecular flexibility index (Phi) is 15.9. The molecule has 1 unspecified atom stereocenters. The molecule has 0 aromatic carbocycles. The molecule has 2 fully saturated rings. The smallest absolute Gasteiger partial charge is 0.303 e. The first-order chi connectivity index (χ1) is 22.0. The Bertz CT molecular complexity index is 1140. The van der Waals surface area contributed by atoms with Gasteiger partial charge in [-0.3, -0.25) is 33.6 Å². The maximum atomic E-state index is 12.2. The summed E-state index contributed by atoms with van der Waals surface area (Å²) in [7, 11) is 0. The second-order valence-corrected chi connectivity index (χ2v) is 11.0. The van der Waals surface area contributed by atoms with Crippen LogP contribution in [0.15, 0.2) is 0 Å². The van der Waals surface area contributed by atoms with Gasteiger partial charge in [-0.15, -0.1) is 0 Å². The van der Waals surface area contributed by atoms with Crippen molar-refractivity contribution in [2.75, 3.05) is 25.2 Å². The molecule has 2 aliphatic heterocycles. The summed E-state index contributed by atoms with van der Waals surface area (Å²) < 4.78 is 61.0. The van der Waals surface area contributed by atoms with Gasteiger partial charge < -0.3 is 52.1 Å². The quantitative estimate of drug-likeness (QED) is 0.130. The molecule has 0 saturated carbocycles. The van der Waals surface area contributed by atoms with Crippen molar-refractivity contribution < 1.29 is 85.7 Å². The van der Waals surface area contributed by atoms with Gasteiger partial charge in [0.15, 0.2) is 49.2 Å². The highest BCUT2D eigenvalue weighted by molar-refractivity contribution is 9.09. The van der Waals surface area contributed by atoms with Gasteiger partial charge in [-0.05, 0) is 0 Å². The molecular formula is C28H39BrO18. The van der Waals surface area contributed by atoms with Gasteiger partial charge in [0, 0.05) is 53.8 Å². The maximum Gasteiger partial charge on any atom is 0.303 e. The summed E-state index contributed by atoms with van der Waals surface area (Å²) in [5.74, 6) is -5.67. The van der Waals surface area contributed by atoms with Crippen LogP contribution in [-0.4, -0.2) is 128 Å². The van der Waals surface area contributed by atoms with Gasteiger partial charge in [-0.2, -0.15) is 0 Å². The van der Waals surface area contributed by atoms with Crippen molar-refractivity contribution in [3.63, 3.8) is 0 Å². The van der Waals surface area contributed by atoms with Crippen LogP contribution < -0.4 is 0 Å². The summed E-state index contributed by atoms with van der Waals surface area (Å²) in [6, 6.07) is 0. The second-order valence-electron chi connectivity index (χ2n) is 10.2. The molecule has 0 spiro atoms. The van der Waals surface area contributed by atoms with Gasteiger partial charge >= 0.3 is 41.8 Å². The lowest BCUT2D eigenvalue weighted by molar-refractivity contribution is -0.334. The van der Waals surface area contributed by atoms with E-state index in [4.69, 9.17) is 52.1 Å². The summed E-state index contributed by atoms with van der Waals surface area (Å²) in [4.78, 5) is 84.2. The van der Waals surface area contributed by atoms with E-state index in [9.17, 15) is 33.6 Å². The zero-order chi connectivity index (χ0) is 35.4. The summed E-state index contributed by atoms with van der Waals surface area (Å²) in [5.41, 5.74) is 0. The first-order valence-corrected chi connectivity index (χ1v) is 15.4. The molecule has 0 amide bonds. The zero-order valence-electron chi connectivity index (χ0n) is 26.8. The van der Waals surface area contributed by atoms with Crippen LogP contribution in [0.4, 0.5) is 0 Å². The SMILES string of the molecule is CC(=O)OC[C@H]1O[C@H](OC[C@H]2OC(OCCBr)[C@H](OC(C)=O)[C@@H](OC(C)=O)[C@@H]2OC(C)=O)[C@H](OC(C)=O)[C@@H](OC(C)=O)[C@H]1OC(C)=O. The number of esters is 7. The van der Waals surface area contributed by atoms with Crippen LogP contribution >= 0.6 is 15.9 Å². The van der Waals surface area contributed by atoms with Gasteiger partial charge in [0.25, 0.3) is 0 Å². The van der Waals surface area contributed by atoms with Gasteiger partial charge in [0.1, 0.15) is 18.8 Å². The Balaban J connectivity index is 2.55. The van der Waals surface area contributed by atoms with E-state index in [1.807, 2.05) is 0 Å². The fourth-order valence-corrected chi connectivity index (χ4v) is 4.98. The molecule has 0 N–H and O–H groups in total. The first-order valence-electron chi connectivity index (χ1n) is 14.3. The normalized spacial score (nSPS) is 30.2. The van der Waals surface area contributed by atoms with Crippen molar-refractivity contribution in [2.45, 2.75) is 110 Å². The van der Waals surface area contributed by atoms with Gasteiger partial charge in [-0.25, -0.2) is 0 Å². The zero-order valence-corrected chi connectivity index (χ0v) is 28.4. The molecular weight excluding hydrogens is 704 g/mol. The molecule has 0 aliphatic carbocycles. The average Bonchev–Trinajstić information content (AvgIpc) is 2.93. The Morgan fingerprint density at radius 2 is 0.809 bits per heavy atom. The number of alkyl halides is 1. The van der Waals surface area contributed by atoms with E-state index < -0.39 is 116 Å². The van der Waals surface area contributed by atoms with Crippen molar-refractivity contribution in [3.05, 3.63) is 0 Å². The third-order valence-corrected chi connectivity index (χ3v) is 6.55. The molecule has 10 atom stereocenters. The predicted molar refractivity (Wildman–Crippen MR) is 153 cm³/mol. The summed E-state index contributed by atoms with van der Waals surface area (Å²) >= 11 is 3.22. The third-order valence-electron chi connectivity index (χ3n) is 6.23. The predicted octanol–water partition coefficient (Wildman–Crippen LogP) is 0.0176. The van der Waals surface area contributed by atoms with E-state index in [2.05, 4.69) is 15.9 Å². The van der Waals surface area contributed by atoms with Crippen LogP contribution in [0.3, 0.4) is 0 Å². The highest BCUT2D eigenvalue weighted by atomic mass is 79.9. The molecule has 0 radical (unpaired) electrons. The van der Waals surface area contributed by atoms with E-state index in [0.29, 0.717) is 5.33 Å². The van der Waals surface area contributed by atoms with E-state index in [0.717, 1.165) is 48.5 Å². The van der Waals surface area contributed by atoms with Crippen molar-refractivity contribution in [2.24, 2.45) is 0 Å². The topological polar surface area (TPSA) is 221 Å². The fourth-order valence-electron chi connectivity index (χ4n) is 4.80. The van der Waals surface area contributed by atoms with Gasteiger partial charge in [0.2, 0.25) is 0 Å². The monoisotopic (exact) mass is 742 g/mol. The molecule has 2 aliphatic rings. The largest absolute Gasteiger partial charge is 0.463 e. The number of hydrogen-bond acceptors (Lipinski definition) is 18. The minimum absolute atomic E-state index is 0.0424. The molecule has 0 aromatic heterocycles. The fraction of sp³-hybridized carbons (Fsp3) is 0.750. The first kappa shape index (κ1) is 39.8. The van der Waals surface area contributed by atoms with E-state index >= 15 is 0 Å². The van der Waals surface area contributed by atoms with Crippen LogP contribution in [0, 0.1) is 0 Å². The molecule has 47 heavy (non-hydrogen) atoms. The molecule has 19 heteroatoms. The highest BCUT2D eigenvalue weighted by Crippen LogP contribution is 2.33.